The van der Waals surface area contributed by atoms with Gasteiger partial charge in [-0.3, -0.25) is 34.9 Å². The minimum atomic E-state index is -1.06. The second kappa shape index (κ2) is 7.12. The lowest BCUT2D eigenvalue weighted by Gasteiger charge is -2.33. The normalized spacial score (nSPS) is 21.1. The van der Waals surface area contributed by atoms with Crippen molar-refractivity contribution in [3.8, 4) is 0 Å². The van der Waals surface area contributed by atoms with Gasteiger partial charge in [-0.05, 0) is 0 Å². The van der Waals surface area contributed by atoms with E-state index in [4.69, 9.17) is 0 Å². The van der Waals surface area contributed by atoms with Crippen LogP contribution in [-0.4, -0.2) is 79.0 Å². The number of nitrogens with zero attached hydrogens (tertiary/aromatic N) is 3. The van der Waals surface area contributed by atoms with Crippen molar-refractivity contribution < 1.29 is 19.2 Å². The summed E-state index contributed by atoms with van der Waals surface area (Å²) in [5.74, 6) is -2.30. The van der Waals surface area contributed by atoms with E-state index in [0.29, 0.717) is 26.2 Å². The van der Waals surface area contributed by atoms with E-state index >= 15 is 0 Å². The summed E-state index contributed by atoms with van der Waals surface area (Å²) in [5.41, 5.74) is 0. The van der Waals surface area contributed by atoms with Crippen LogP contribution in [0.15, 0.2) is 4.99 Å². The van der Waals surface area contributed by atoms with E-state index in [-0.39, 0.29) is 5.91 Å². The lowest BCUT2D eigenvalue weighted by molar-refractivity contribution is -0.133. The van der Waals surface area contributed by atoms with Crippen LogP contribution in [0.4, 0.5) is 4.79 Å². The van der Waals surface area contributed by atoms with Crippen molar-refractivity contribution in [2.75, 3.05) is 39.3 Å². The van der Waals surface area contributed by atoms with Crippen LogP contribution in [0.1, 0.15) is 6.92 Å². The Bertz CT molecular complexity index is 491. The van der Waals surface area contributed by atoms with Gasteiger partial charge in [0.15, 0.2) is 5.92 Å². The summed E-state index contributed by atoms with van der Waals surface area (Å²) in [5, 5.41) is 4.03. The summed E-state index contributed by atoms with van der Waals surface area (Å²) in [7, 11) is 0. The summed E-state index contributed by atoms with van der Waals surface area (Å²) < 4.78 is 0. The first-order chi connectivity index (χ1) is 10.5. The number of hydrogen-bond acceptors (Lipinski definition) is 6. The number of piperazine rings is 1. The van der Waals surface area contributed by atoms with Gasteiger partial charge in [0.25, 0.3) is 0 Å². The molecular weight excluding hydrogens is 290 g/mol. The topological polar surface area (TPSA) is 111 Å². The third-order valence-corrected chi connectivity index (χ3v) is 3.66. The van der Waals surface area contributed by atoms with Crippen LogP contribution in [0, 0.1) is 5.92 Å². The Morgan fingerprint density at radius 1 is 1.18 bits per heavy atom. The largest absolute Gasteiger partial charge is 0.340 e. The summed E-state index contributed by atoms with van der Waals surface area (Å²) in [4.78, 5) is 53.1. The summed E-state index contributed by atoms with van der Waals surface area (Å²) in [6, 6.07) is -0.803. The number of carbonyl (C=O) groups excluding carboxylic acids is 4. The van der Waals surface area contributed by atoms with E-state index in [2.05, 4.69) is 9.89 Å². The minimum Gasteiger partial charge on any atom is -0.340 e. The number of rotatable bonds is 4. The number of nitrogens with one attached hydrogen (secondary N) is 2. The molecule has 2 fully saturated rings. The Morgan fingerprint density at radius 2 is 1.77 bits per heavy atom. The highest BCUT2D eigenvalue weighted by Gasteiger charge is 2.32. The number of carbonyl (C=O) groups is 4. The van der Waals surface area contributed by atoms with Crippen LogP contribution >= 0.6 is 0 Å². The lowest BCUT2D eigenvalue weighted by atomic mass is 10.1. The molecular formula is C13H19N5O4. The number of imide groups is 2. The van der Waals surface area contributed by atoms with Crippen LogP contribution in [0.25, 0.3) is 0 Å². The quantitative estimate of drug-likeness (QED) is 0.470. The molecule has 0 saturated carbocycles. The third kappa shape index (κ3) is 4.10. The van der Waals surface area contributed by atoms with Crippen molar-refractivity contribution in [1.82, 2.24) is 20.4 Å². The van der Waals surface area contributed by atoms with Gasteiger partial charge < -0.3 is 4.90 Å². The highest BCUT2D eigenvalue weighted by Crippen LogP contribution is 2.02. The average molecular weight is 309 g/mol. The number of amides is 5. The maximum Gasteiger partial charge on any atom is 0.328 e. The zero-order valence-corrected chi connectivity index (χ0v) is 12.4. The first-order valence-corrected chi connectivity index (χ1v) is 7.11. The van der Waals surface area contributed by atoms with Crippen molar-refractivity contribution in [3.05, 3.63) is 0 Å². The molecule has 2 aliphatic heterocycles. The van der Waals surface area contributed by atoms with Gasteiger partial charge in [-0.25, -0.2) is 4.79 Å². The first kappa shape index (κ1) is 16.1. The van der Waals surface area contributed by atoms with Crippen molar-refractivity contribution in [2.45, 2.75) is 6.92 Å². The summed E-state index contributed by atoms with van der Waals surface area (Å²) in [6.45, 7) is 5.68. The molecule has 2 aliphatic rings. The fourth-order valence-corrected chi connectivity index (χ4v) is 2.33. The van der Waals surface area contributed by atoms with E-state index in [1.165, 1.54) is 6.21 Å². The van der Waals surface area contributed by atoms with E-state index < -0.39 is 23.8 Å². The fraction of sp³-hybridized carbons (Fsp3) is 0.615. The van der Waals surface area contributed by atoms with Gasteiger partial charge in [0.2, 0.25) is 17.7 Å². The SMILES string of the molecule is CC(=O)N1CCN(CCN=CC2C(=O)NC(=O)NC2=O)CC1. The molecule has 120 valence electrons. The zero-order valence-electron chi connectivity index (χ0n) is 12.4. The molecule has 5 amide bonds. The Morgan fingerprint density at radius 3 is 2.32 bits per heavy atom. The lowest BCUT2D eigenvalue weighted by Crippen LogP contribution is -2.56. The molecule has 9 nitrogen and oxygen atoms in total. The fourth-order valence-electron chi connectivity index (χ4n) is 2.33. The van der Waals surface area contributed by atoms with Crippen molar-refractivity contribution in [2.24, 2.45) is 10.9 Å². The molecule has 0 spiro atoms. The molecule has 0 aromatic heterocycles. The van der Waals surface area contributed by atoms with Gasteiger partial charge in [0, 0.05) is 45.9 Å². The molecule has 0 atom stereocenters. The van der Waals surface area contributed by atoms with Gasteiger partial charge in [-0.2, -0.15) is 0 Å². The van der Waals surface area contributed by atoms with Gasteiger partial charge in [-0.15, -0.1) is 0 Å². The first-order valence-electron chi connectivity index (χ1n) is 7.11. The average Bonchev–Trinajstić information content (AvgIpc) is 2.46. The minimum absolute atomic E-state index is 0.0848. The van der Waals surface area contributed by atoms with Crippen LogP contribution in [0.2, 0.25) is 0 Å². The summed E-state index contributed by atoms with van der Waals surface area (Å²) in [6.07, 6.45) is 1.27. The van der Waals surface area contributed by atoms with E-state index in [0.717, 1.165) is 13.1 Å². The molecule has 0 bridgehead atoms. The highest BCUT2D eigenvalue weighted by molar-refractivity contribution is 6.23. The zero-order chi connectivity index (χ0) is 16.1. The van der Waals surface area contributed by atoms with Crippen molar-refractivity contribution >= 4 is 30.0 Å². The monoisotopic (exact) mass is 309 g/mol. The molecule has 0 unspecified atom stereocenters. The third-order valence-electron chi connectivity index (χ3n) is 3.66. The van der Waals surface area contributed by atoms with Crippen LogP contribution in [0.3, 0.4) is 0 Å². The number of urea groups is 1. The second-order valence-corrected chi connectivity index (χ2v) is 5.19. The standard InChI is InChI=1S/C13H19N5O4/c1-9(19)18-6-4-17(5-7-18)3-2-14-8-10-11(20)15-13(22)16-12(10)21/h8,10H,2-7H2,1H3,(H2,15,16,20,21,22). The van der Waals surface area contributed by atoms with Gasteiger partial charge >= 0.3 is 6.03 Å². The Kier molecular flexibility index (Phi) is 5.21. The van der Waals surface area contributed by atoms with Crippen LogP contribution in [0.5, 0.6) is 0 Å². The number of aliphatic imine (C=N–C) groups is 1. The maximum absolute atomic E-state index is 11.5. The maximum atomic E-state index is 11.5. The van der Waals surface area contributed by atoms with E-state index in [1.54, 1.807) is 11.8 Å². The smallest absolute Gasteiger partial charge is 0.328 e. The van der Waals surface area contributed by atoms with Crippen LogP contribution in [-0.2, 0) is 14.4 Å². The molecule has 9 heteroatoms. The molecule has 0 aromatic rings. The molecule has 2 N–H and O–H groups in total. The summed E-state index contributed by atoms with van der Waals surface area (Å²) >= 11 is 0. The van der Waals surface area contributed by atoms with Crippen molar-refractivity contribution in [3.63, 3.8) is 0 Å². The number of hydrogen-bond donors (Lipinski definition) is 2. The Labute approximate surface area is 127 Å². The molecule has 0 aromatic carbocycles. The van der Waals surface area contributed by atoms with Gasteiger partial charge in [0.05, 0.1) is 6.54 Å². The van der Waals surface area contributed by atoms with Crippen LogP contribution < -0.4 is 10.6 Å². The van der Waals surface area contributed by atoms with E-state index in [9.17, 15) is 19.2 Å². The Balaban J connectivity index is 1.72. The van der Waals surface area contributed by atoms with Gasteiger partial charge in [0.1, 0.15) is 0 Å². The van der Waals surface area contributed by atoms with Crippen molar-refractivity contribution in [1.29, 1.82) is 0 Å². The molecule has 2 saturated heterocycles. The predicted octanol–water partition coefficient (Wildman–Crippen LogP) is -1.80. The molecule has 22 heavy (non-hydrogen) atoms. The molecule has 0 radical (unpaired) electrons. The Hall–Kier alpha value is -2.29. The van der Waals surface area contributed by atoms with E-state index in [1.807, 2.05) is 10.6 Å². The highest BCUT2D eigenvalue weighted by atomic mass is 16.2. The predicted molar refractivity (Wildman–Crippen MR) is 77.2 cm³/mol. The second-order valence-electron chi connectivity index (χ2n) is 5.19. The van der Waals surface area contributed by atoms with Gasteiger partial charge in [-0.1, -0.05) is 0 Å². The molecule has 2 heterocycles. The molecule has 0 aliphatic carbocycles. The number of barbiturate groups is 1. The molecule has 2 rings (SSSR count).